The molecule has 0 bridgehead atoms. The van der Waals surface area contributed by atoms with E-state index >= 15 is 0 Å². The first-order chi connectivity index (χ1) is 17.2. The zero-order valence-corrected chi connectivity index (χ0v) is 22.2. The number of ether oxygens (including phenoxy) is 1. The van der Waals surface area contributed by atoms with Gasteiger partial charge in [0.1, 0.15) is 5.75 Å². The van der Waals surface area contributed by atoms with Crippen LogP contribution in [0.15, 0.2) is 24.3 Å². The van der Waals surface area contributed by atoms with E-state index in [4.69, 9.17) is 21.9 Å². The molecule has 1 aromatic rings. The van der Waals surface area contributed by atoms with E-state index in [-0.39, 0.29) is 38.4 Å². The summed E-state index contributed by atoms with van der Waals surface area (Å²) in [6.45, 7) is 2.91. The first kappa shape index (κ1) is 30.2. The molecule has 1 fully saturated rings. The number of ketones is 1. The second kappa shape index (κ2) is 15.3. The van der Waals surface area contributed by atoms with Crippen LogP contribution in [0.1, 0.15) is 51.0 Å². The molecule has 0 unspecified atom stereocenters. The fourth-order valence-electron chi connectivity index (χ4n) is 4.59. The van der Waals surface area contributed by atoms with Crippen LogP contribution >= 0.6 is 0 Å². The highest BCUT2D eigenvalue weighted by atomic mass is 32.2. The van der Waals surface area contributed by atoms with Gasteiger partial charge in [-0.25, -0.2) is 8.42 Å². The Morgan fingerprint density at radius 1 is 1.08 bits per heavy atom. The third-order valence-electron chi connectivity index (χ3n) is 6.49. The molecule has 36 heavy (non-hydrogen) atoms. The van der Waals surface area contributed by atoms with E-state index in [1.807, 2.05) is 31.2 Å². The number of nitrogens with two attached hydrogens (primary N) is 3. The quantitative estimate of drug-likeness (QED) is 0.242. The molecule has 0 spiro atoms. The Bertz CT molecular complexity index is 913. The van der Waals surface area contributed by atoms with Crippen molar-refractivity contribution in [2.45, 2.75) is 64.0 Å². The van der Waals surface area contributed by atoms with Gasteiger partial charge >= 0.3 is 0 Å². The number of carbonyl (C=O) groups is 2. The average molecular weight is 526 g/mol. The van der Waals surface area contributed by atoms with Crippen LogP contribution < -0.4 is 27.3 Å². The lowest BCUT2D eigenvalue weighted by Crippen LogP contribution is -2.53. The van der Waals surface area contributed by atoms with Gasteiger partial charge in [0, 0.05) is 32.6 Å². The molecule has 1 amide bonds. The van der Waals surface area contributed by atoms with Crippen LogP contribution in [0.2, 0.25) is 0 Å². The molecule has 1 aliphatic rings. The van der Waals surface area contributed by atoms with Gasteiger partial charge in [0.15, 0.2) is 5.78 Å². The molecule has 1 aromatic carbocycles. The van der Waals surface area contributed by atoms with Gasteiger partial charge in [0.05, 0.1) is 24.4 Å². The van der Waals surface area contributed by atoms with E-state index in [0.29, 0.717) is 18.9 Å². The van der Waals surface area contributed by atoms with Crippen LogP contribution in [0.5, 0.6) is 5.75 Å². The Morgan fingerprint density at radius 2 is 1.69 bits per heavy atom. The van der Waals surface area contributed by atoms with E-state index < -0.39 is 33.8 Å². The Balaban J connectivity index is 2.09. The van der Waals surface area contributed by atoms with Crippen molar-refractivity contribution in [3.8, 4) is 5.75 Å². The molecule has 2 atom stereocenters. The predicted molar refractivity (Wildman–Crippen MR) is 141 cm³/mol. The van der Waals surface area contributed by atoms with E-state index in [0.717, 1.165) is 41.3 Å². The standard InChI is InChI=1S/C25H43N5O5S/c1-2-35-21-10-8-20(9-11-21)17-24(31)23(16-19-6-4-3-5-7-19)29-25(32)22(28)18-36(33,34)30(14-12-26)15-13-27/h8-11,19,22-23H,2-7,12-18,26-28H2,1H3,(H,29,32)/t22-,23-/m0/s1. The molecule has 0 saturated heterocycles. The monoisotopic (exact) mass is 525 g/mol. The van der Waals surface area contributed by atoms with Gasteiger partial charge in [-0.3, -0.25) is 9.59 Å². The molecule has 0 radical (unpaired) electrons. The lowest BCUT2D eigenvalue weighted by atomic mass is 9.83. The third-order valence-corrected chi connectivity index (χ3v) is 8.42. The van der Waals surface area contributed by atoms with Crippen molar-refractivity contribution in [3.63, 3.8) is 0 Å². The number of nitrogens with one attached hydrogen (secondary N) is 1. The van der Waals surface area contributed by atoms with Gasteiger partial charge in [-0.1, -0.05) is 44.2 Å². The number of nitrogens with zero attached hydrogens (tertiary/aromatic N) is 1. The van der Waals surface area contributed by atoms with Gasteiger partial charge in [0.25, 0.3) is 0 Å². The lowest BCUT2D eigenvalue weighted by molar-refractivity contribution is -0.128. The Labute approximate surface area is 215 Å². The number of benzene rings is 1. The lowest BCUT2D eigenvalue weighted by Gasteiger charge is -2.28. The Kier molecular flexibility index (Phi) is 12.8. The van der Waals surface area contributed by atoms with Gasteiger partial charge in [0.2, 0.25) is 15.9 Å². The first-order valence-corrected chi connectivity index (χ1v) is 14.5. The third kappa shape index (κ3) is 9.78. The smallest absolute Gasteiger partial charge is 0.238 e. The van der Waals surface area contributed by atoms with Crippen molar-refractivity contribution in [1.29, 1.82) is 0 Å². The highest BCUT2D eigenvalue weighted by Gasteiger charge is 2.31. The molecule has 204 valence electrons. The summed E-state index contributed by atoms with van der Waals surface area (Å²) in [5.74, 6) is -0.299. The summed E-state index contributed by atoms with van der Waals surface area (Å²) in [7, 11) is -3.84. The summed E-state index contributed by atoms with van der Waals surface area (Å²) in [5.41, 5.74) is 17.9. The maximum Gasteiger partial charge on any atom is 0.238 e. The molecular weight excluding hydrogens is 482 g/mol. The Hall–Kier alpha value is -2.05. The fraction of sp³-hybridized carbons (Fsp3) is 0.680. The number of rotatable bonds is 16. The Morgan fingerprint density at radius 3 is 2.25 bits per heavy atom. The zero-order chi connectivity index (χ0) is 26.6. The summed E-state index contributed by atoms with van der Waals surface area (Å²) >= 11 is 0. The highest BCUT2D eigenvalue weighted by Crippen LogP contribution is 2.28. The summed E-state index contributed by atoms with van der Waals surface area (Å²) in [6, 6.07) is 5.26. The van der Waals surface area contributed by atoms with Crippen molar-refractivity contribution in [1.82, 2.24) is 9.62 Å². The summed E-state index contributed by atoms with van der Waals surface area (Å²) < 4.78 is 32.1. The van der Waals surface area contributed by atoms with Gasteiger partial charge in [-0.15, -0.1) is 0 Å². The SMILES string of the molecule is CCOc1ccc(CC(=O)[C@H](CC2CCCCC2)NC(=O)[C@@H](N)CS(=O)(=O)N(CCN)CCN)cc1. The number of hydrogen-bond donors (Lipinski definition) is 4. The van der Waals surface area contributed by atoms with Gasteiger partial charge < -0.3 is 27.3 Å². The van der Waals surface area contributed by atoms with Crippen molar-refractivity contribution in [2.24, 2.45) is 23.1 Å². The van der Waals surface area contributed by atoms with E-state index in [1.54, 1.807) is 0 Å². The summed E-state index contributed by atoms with van der Waals surface area (Å²) in [4.78, 5) is 26.2. The maximum absolute atomic E-state index is 13.3. The van der Waals surface area contributed by atoms with Gasteiger partial charge in [-0.2, -0.15) is 4.31 Å². The highest BCUT2D eigenvalue weighted by molar-refractivity contribution is 7.89. The number of hydrogen-bond acceptors (Lipinski definition) is 8. The summed E-state index contributed by atoms with van der Waals surface area (Å²) in [6.07, 6.45) is 6.08. The van der Waals surface area contributed by atoms with E-state index in [9.17, 15) is 18.0 Å². The molecule has 7 N–H and O–H groups in total. The van der Waals surface area contributed by atoms with Crippen LogP contribution in [-0.2, 0) is 26.0 Å². The molecule has 10 nitrogen and oxygen atoms in total. The summed E-state index contributed by atoms with van der Waals surface area (Å²) in [5, 5.41) is 2.77. The van der Waals surface area contributed by atoms with Crippen LogP contribution in [-0.4, -0.2) is 75.0 Å². The first-order valence-electron chi connectivity index (χ1n) is 12.9. The van der Waals surface area contributed by atoms with Crippen molar-refractivity contribution in [3.05, 3.63) is 29.8 Å². The van der Waals surface area contributed by atoms with Crippen LogP contribution in [0, 0.1) is 5.92 Å². The van der Waals surface area contributed by atoms with E-state index in [2.05, 4.69) is 5.32 Å². The second-order valence-electron chi connectivity index (χ2n) is 9.38. The van der Waals surface area contributed by atoms with Crippen molar-refractivity contribution < 1.29 is 22.7 Å². The minimum Gasteiger partial charge on any atom is -0.494 e. The zero-order valence-electron chi connectivity index (χ0n) is 21.4. The molecule has 1 saturated carbocycles. The molecular formula is C25H43N5O5S. The van der Waals surface area contributed by atoms with Gasteiger partial charge in [-0.05, 0) is 37.0 Å². The molecule has 0 heterocycles. The van der Waals surface area contributed by atoms with E-state index in [1.165, 1.54) is 6.42 Å². The molecule has 11 heteroatoms. The molecule has 1 aliphatic carbocycles. The number of carbonyl (C=O) groups excluding carboxylic acids is 2. The molecule has 0 aliphatic heterocycles. The molecule has 0 aromatic heterocycles. The van der Waals surface area contributed by atoms with Crippen LogP contribution in [0.25, 0.3) is 0 Å². The van der Waals surface area contributed by atoms with Crippen LogP contribution in [0.3, 0.4) is 0 Å². The topological polar surface area (TPSA) is 171 Å². The number of sulfonamides is 1. The van der Waals surface area contributed by atoms with Crippen molar-refractivity contribution in [2.75, 3.05) is 38.5 Å². The number of Topliss-reactive ketones (excluding diaryl/α,β-unsaturated/α-hetero) is 1. The largest absolute Gasteiger partial charge is 0.494 e. The number of amides is 1. The second-order valence-corrected chi connectivity index (χ2v) is 11.4. The maximum atomic E-state index is 13.3. The predicted octanol–water partition coefficient (Wildman–Crippen LogP) is 0.529. The normalized spacial score (nSPS) is 16.5. The fourth-order valence-corrected chi connectivity index (χ4v) is 6.17. The minimum absolute atomic E-state index is 0.0960. The minimum atomic E-state index is -3.84. The molecule has 2 rings (SSSR count). The van der Waals surface area contributed by atoms with Crippen LogP contribution in [0.4, 0.5) is 0 Å². The average Bonchev–Trinajstić information content (AvgIpc) is 2.85. The van der Waals surface area contributed by atoms with Crippen molar-refractivity contribution >= 4 is 21.7 Å².